The van der Waals surface area contributed by atoms with Gasteiger partial charge in [0.05, 0.1) is 25.6 Å². The molecule has 2 rings (SSSR count). The van der Waals surface area contributed by atoms with E-state index in [4.69, 9.17) is 9.47 Å². The molecular formula is C23H35N5O4. The summed E-state index contributed by atoms with van der Waals surface area (Å²) in [5.74, 6) is 1.39. The molecule has 0 saturated carbocycles. The van der Waals surface area contributed by atoms with Crippen LogP contribution in [0.4, 0.5) is 16.3 Å². The van der Waals surface area contributed by atoms with Crippen molar-refractivity contribution in [2.24, 2.45) is 7.05 Å². The van der Waals surface area contributed by atoms with Gasteiger partial charge in [-0.1, -0.05) is 34.1 Å². The molecule has 0 saturated heterocycles. The Morgan fingerprint density at radius 3 is 2.41 bits per heavy atom. The van der Waals surface area contributed by atoms with Gasteiger partial charge in [-0.25, -0.2) is 4.79 Å². The molecule has 0 bridgehead atoms. The minimum atomic E-state index is -0.377. The van der Waals surface area contributed by atoms with Crippen LogP contribution in [0.1, 0.15) is 46.2 Å². The smallest absolute Gasteiger partial charge is 0.322 e. The Morgan fingerprint density at radius 2 is 1.84 bits per heavy atom. The van der Waals surface area contributed by atoms with E-state index in [0.717, 1.165) is 18.5 Å². The van der Waals surface area contributed by atoms with Crippen LogP contribution in [0.2, 0.25) is 0 Å². The molecule has 3 amide bonds. The van der Waals surface area contributed by atoms with Gasteiger partial charge in [-0.05, 0) is 18.6 Å². The Morgan fingerprint density at radius 1 is 1.12 bits per heavy atom. The number of nitrogens with zero attached hydrogens (tertiary/aromatic N) is 3. The fraction of sp³-hybridized carbons (Fsp3) is 0.522. The Bertz CT molecular complexity index is 933. The van der Waals surface area contributed by atoms with Gasteiger partial charge in [-0.15, -0.1) is 0 Å². The summed E-state index contributed by atoms with van der Waals surface area (Å²) >= 11 is 0. The van der Waals surface area contributed by atoms with Gasteiger partial charge in [0.1, 0.15) is 23.9 Å². The van der Waals surface area contributed by atoms with E-state index in [0.29, 0.717) is 29.5 Å². The molecule has 32 heavy (non-hydrogen) atoms. The molecule has 0 fully saturated rings. The summed E-state index contributed by atoms with van der Waals surface area (Å²) < 4.78 is 12.2. The number of unbranched alkanes of at least 4 members (excludes halogenated alkanes) is 1. The number of anilines is 2. The average molecular weight is 446 g/mol. The van der Waals surface area contributed by atoms with Crippen LogP contribution in [0.5, 0.6) is 11.5 Å². The summed E-state index contributed by atoms with van der Waals surface area (Å²) in [6, 6.07) is 6.61. The predicted molar refractivity (Wildman–Crippen MR) is 126 cm³/mol. The molecule has 9 nitrogen and oxygen atoms in total. The molecule has 1 aromatic carbocycles. The van der Waals surface area contributed by atoms with Gasteiger partial charge in [0.15, 0.2) is 0 Å². The first-order valence-corrected chi connectivity index (χ1v) is 10.7. The van der Waals surface area contributed by atoms with Gasteiger partial charge >= 0.3 is 6.03 Å². The third-order valence-electron chi connectivity index (χ3n) is 4.97. The third kappa shape index (κ3) is 6.63. The van der Waals surface area contributed by atoms with Crippen molar-refractivity contribution >= 4 is 23.4 Å². The monoisotopic (exact) mass is 445 g/mol. The number of amides is 3. The fourth-order valence-corrected chi connectivity index (χ4v) is 3.00. The number of methoxy groups -OCH3 is 2. The van der Waals surface area contributed by atoms with Crippen LogP contribution >= 0.6 is 0 Å². The van der Waals surface area contributed by atoms with Crippen LogP contribution in [0.15, 0.2) is 24.3 Å². The largest absolute Gasteiger partial charge is 0.497 e. The van der Waals surface area contributed by atoms with Crippen LogP contribution in [-0.4, -0.2) is 53.9 Å². The molecule has 0 unspecified atom stereocenters. The lowest BCUT2D eigenvalue weighted by atomic mass is 9.92. The zero-order valence-electron chi connectivity index (χ0n) is 20.1. The highest BCUT2D eigenvalue weighted by Gasteiger charge is 2.22. The molecular weight excluding hydrogens is 410 g/mol. The number of benzene rings is 1. The number of urea groups is 1. The van der Waals surface area contributed by atoms with E-state index < -0.39 is 0 Å². The zero-order chi connectivity index (χ0) is 23.9. The van der Waals surface area contributed by atoms with Crippen LogP contribution in [0.3, 0.4) is 0 Å². The predicted octanol–water partition coefficient (Wildman–Crippen LogP) is 4.01. The SMILES string of the molecule is CCCCN(CC(=O)Nc1cc(C(C)(C)C)nn1C)C(=O)Nc1ccc(OC)cc1OC. The molecule has 176 valence electrons. The highest BCUT2D eigenvalue weighted by atomic mass is 16.5. The van der Waals surface area contributed by atoms with Gasteiger partial charge in [-0.2, -0.15) is 5.10 Å². The highest BCUT2D eigenvalue weighted by molar-refractivity contribution is 5.97. The van der Waals surface area contributed by atoms with E-state index in [1.54, 1.807) is 37.0 Å². The number of aryl methyl sites for hydroxylation is 1. The Hall–Kier alpha value is -3.23. The second-order valence-electron chi connectivity index (χ2n) is 8.61. The van der Waals surface area contributed by atoms with Crippen molar-refractivity contribution in [2.75, 3.05) is 37.9 Å². The van der Waals surface area contributed by atoms with E-state index >= 15 is 0 Å². The molecule has 1 aromatic heterocycles. The summed E-state index contributed by atoms with van der Waals surface area (Å²) in [4.78, 5) is 27.2. The maximum atomic E-state index is 13.0. The standard InChI is InChI=1S/C23H35N5O4/c1-8-9-12-28(22(30)24-17-11-10-16(31-6)13-18(17)32-7)15-21(29)25-20-14-19(23(2,3)4)26-27(20)5/h10-11,13-14H,8-9,12,15H2,1-7H3,(H,24,30)(H,25,29). The number of carbonyl (C=O) groups excluding carboxylic acids is 2. The topological polar surface area (TPSA) is 97.7 Å². The van der Waals surface area contributed by atoms with Crippen LogP contribution in [-0.2, 0) is 17.3 Å². The maximum Gasteiger partial charge on any atom is 0.322 e. The summed E-state index contributed by atoms with van der Waals surface area (Å²) in [6.07, 6.45) is 1.67. The molecule has 0 atom stereocenters. The van der Waals surface area contributed by atoms with Crippen molar-refractivity contribution in [1.29, 1.82) is 0 Å². The van der Waals surface area contributed by atoms with Crippen molar-refractivity contribution in [3.05, 3.63) is 30.0 Å². The Balaban J connectivity index is 2.12. The van der Waals surface area contributed by atoms with Gasteiger partial charge in [-0.3, -0.25) is 9.48 Å². The molecule has 0 spiro atoms. The lowest BCUT2D eigenvalue weighted by Crippen LogP contribution is -2.41. The van der Waals surface area contributed by atoms with Crippen molar-refractivity contribution in [2.45, 2.75) is 46.0 Å². The lowest BCUT2D eigenvalue weighted by molar-refractivity contribution is -0.116. The number of nitrogens with one attached hydrogen (secondary N) is 2. The van der Waals surface area contributed by atoms with E-state index in [1.165, 1.54) is 12.0 Å². The van der Waals surface area contributed by atoms with Crippen molar-refractivity contribution in [3.63, 3.8) is 0 Å². The lowest BCUT2D eigenvalue weighted by Gasteiger charge is -2.23. The van der Waals surface area contributed by atoms with Crippen molar-refractivity contribution in [3.8, 4) is 11.5 Å². The number of carbonyl (C=O) groups is 2. The van der Waals surface area contributed by atoms with E-state index in [9.17, 15) is 9.59 Å². The number of aromatic nitrogens is 2. The van der Waals surface area contributed by atoms with Crippen molar-refractivity contribution < 1.29 is 19.1 Å². The van der Waals surface area contributed by atoms with Gasteiger partial charge < -0.3 is 25.0 Å². The average Bonchev–Trinajstić information content (AvgIpc) is 3.11. The minimum absolute atomic E-state index is 0.0830. The second kappa shape index (κ2) is 10.9. The molecule has 0 radical (unpaired) electrons. The number of hydrogen-bond acceptors (Lipinski definition) is 5. The van der Waals surface area contributed by atoms with E-state index in [1.807, 2.05) is 13.0 Å². The van der Waals surface area contributed by atoms with Crippen molar-refractivity contribution in [1.82, 2.24) is 14.7 Å². The first-order valence-electron chi connectivity index (χ1n) is 10.7. The minimum Gasteiger partial charge on any atom is -0.497 e. The fourth-order valence-electron chi connectivity index (χ4n) is 3.00. The first kappa shape index (κ1) is 25.0. The summed E-state index contributed by atoms with van der Waals surface area (Å²) in [5.41, 5.74) is 1.25. The summed E-state index contributed by atoms with van der Waals surface area (Å²) in [7, 11) is 4.86. The molecule has 2 N–H and O–H groups in total. The number of ether oxygens (including phenoxy) is 2. The molecule has 0 aliphatic carbocycles. The molecule has 0 aliphatic heterocycles. The van der Waals surface area contributed by atoms with Gasteiger partial charge in [0, 0.05) is 31.1 Å². The second-order valence-corrected chi connectivity index (χ2v) is 8.61. The molecule has 2 aromatic rings. The Kier molecular flexibility index (Phi) is 8.51. The first-order chi connectivity index (χ1) is 15.1. The molecule has 1 heterocycles. The summed E-state index contributed by atoms with van der Waals surface area (Å²) in [6.45, 7) is 8.58. The number of rotatable bonds is 9. The van der Waals surface area contributed by atoms with Crippen LogP contribution in [0.25, 0.3) is 0 Å². The Labute approximate surface area is 190 Å². The van der Waals surface area contributed by atoms with E-state index in [2.05, 4.69) is 36.5 Å². The van der Waals surface area contributed by atoms with Crippen LogP contribution in [0, 0.1) is 0 Å². The van der Waals surface area contributed by atoms with Gasteiger partial charge in [0.25, 0.3) is 0 Å². The normalized spacial score (nSPS) is 11.1. The van der Waals surface area contributed by atoms with Crippen LogP contribution < -0.4 is 20.1 Å². The maximum absolute atomic E-state index is 13.0. The quantitative estimate of drug-likeness (QED) is 0.608. The number of hydrogen-bond donors (Lipinski definition) is 2. The molecule has 9 heteroatoms. The van der Waals surface area contributed by atoms with Gasteiger partial charge in [0.2, 0.25) is 5.91 Å². The zero-order valence-corrected chi connectivity index (χ0v) is 20.1. The third-order valence-corrected chi connectivity index (χ3v) is 4.97. The molecule has 0 aliphatic rings. The van der Waals surface area contributed by atoms with E-state index in [-0.39, 0.29) is 23.9 Å². The summed E-state index contributed by atoms with van der Waals surface area (Å²) in [5, 5.41) is 10.2. The highest BCUT2D eigenvalue weighted by Crippen LogP contribution is 2.29.